The molecule has 0 unspecified atom stereocenters. The molecule has 20 heavy (non-hydrogen) atoms. The third-order valence-corrected chi connectivity index (χ3v) is 3.82. The van der Waals surface area contributed by atoms with Gasteiger partial charge in [-0.2, -0.15) is 9.90 Å². The van der Waals surface area contributed by atoms with Crippen LogP contribution >= 0.6 is 11.3 Å². The van der Waals surface area contributed by atoms with Gasteiger partial charge in [-0.15, -0.1) is 16.4 Å². The lowest BCUT2D eigenvalue weighted by molar-refractivity contribution is 0.734. The largest absolute Gasteiger partial charge is 0.312 e. The summed E-state index contributed by atoms with van der Waals surface area (Å²) in [4.78, 5) is 7.24. The molecule has 3 aromatic rings. The molecule has 0 amide bonds. The summed E-state index contributed by atoms with van der Waals surface area (Å²) in [5.41, 5.74) is 1.75. The number of aromatic nitrogens is 4. The van der Waals surface area contributed by atoms with Crippen molar-refractivity contribution in [2.24, 2.45) is 0 Å². The second-order valence-electron chi connectivity index (χ2n) is 4.27. The van der Waals surface area contributed by atoms with Crippen LogP contribution in [0.4, 0.5) is 0 Å². The standard InChI is InChI=1S/C14H15N5S/c1-2-15-8-12-9-16-14(20-12)13-10-17-19(18-13)11-6-4-3-5-7-11/h3-7,9-10,15H,2,8H2,1H3. The maximum Gasteiger partial charge on any atom is 0.145 e. The van der Waals surface area contributed by atoms with Crippen LogP contribution in [0.5, 0.6) is 0 Å². The Hall–Kier alpha value is -2.05. The first-order chi connectivity index (χ1) is 9.86. The van der Waals surface area contributed by atoms with Crippen molar-refractivity contribution in [2.75, 3.05) is 6.54 Å². The van der Waals surface area contributed by atoms with Crippen LogP contribution in [0.15, 0.2) is 42.7 Å². The summed E-state index contributed by atoms with van der Waals surface area (Å²) in [6.45, 7) is 3.89. The Morgan fingerprint density at radius 2 is 2.05 bits per heavy atom. The summed E-state index contributed by atoms with van der Waals surface area (Å²) in [6.07, 6.45) is 3.65. The van der Waals surface area contributed by atoms with Gasteiger partial charge in [0.05, 0.1) is 11.9 Å². The summed E-state index contributed by atoms with van der Waals surface area (Å²) < 4.78 is 0. The lowest BCUT2D eigenvalue weighted by Crippen LogP contribution is -2.10. The summed E-state index contributed by atoms with van der Waals surface area (Å²) in [5, 5.41) is 13.0. The minimum absolute atomic E-state index is 0.807. The normalized spacial score (nSPS) is 10.8. The van der Waals surface area contributed by atoms with E-state index in [1.54, 1.807) is 22.3 Å². The summed E-state index contributed by atoms with van der Waals surface area (Å²) in [7, 11) is 0. The number of hydrogen-bond acceptors (Lipinski definition) is 5. The van der Waals surface area contributed by atoms with Crippen molar-refractivity contribution in [1.29, 1.82) is 0 Å². The van der Waals surface area contributed by atoms with Crippen molar-refractivity contribution < 1.29 is 0 Å². The monoisotopic (exact) mass is 285 g/mol. The second kappa shape index (κ2) is 5.94. The number of nitrogens with one attached hydrogen (secondary N) is 1. The minimum atomic E-state index is 0.807. The molecule has 0 aliphatic carbocycles. The van der Waals surface area contributed by atoms with Crippen molar-refractivity contribution in [3.05, 3.63) is 47.6 Å². The minimum Gasteiger partial charge on any atom is -0.312 e. The zero-order valence-electron chi connectivity index (χ0n) is 11.2. The zero-order chi connectivity index (χ0) is 13.8. The Balaban J connectivity index is 1.81. The number of thiazole rings is 1. The highest BCUT2D eigenvalue weighted by atomic mass is 32.1. The van der Waals surface area contributed by atoms with E-state index >= 15 is 0 Å². The van der Waals surface area contributed by atoms with Crippen LogP contribution < -0.4 is 5.32 Å². The van der Waals surface area contributed by atoms with Crippen molar-refractivity contribution in [1.82, 2.24) is 25.3 Å². The van der Waals surface area contributed by atoms with Gasteiger partial charge in [-0.3, -0.25) is 0 Å². The second-order valence-corrected chi connectivity index (χ2v) is 5.38. The van der Waals surface area contributed by atoms with Gasteiger partial charge >= 0.3 is 0 Å². The Morgan fingerprint density at radius 3 is 2.85 bits per heavy atom. The molecular weight excluding hydrogens is 270 g/mol. The lowest BCUT2D eigenvalue weighted by atomic mass is 10.3. The number of rotatable bonds is 5. The van der Waals surface area contributed by atoms with Crippen LogP contribution in [-0.2, 0) is 6.54 Å². The van der Waals surface area contributed by atoms with E-state index in [-0.39, 0.29) is 0 Å². The van der Waals surface area contributed by atoms with Gasteiger partial charge in [0.2, 0.25) is 0 Å². The molecule has 102 valence electrons. The molecule has 3 rings (SSSR count). The molecule has 0 fully saturated rings. The fourth-order valence-corrected chi connectivity index (χ4v) is 2.63. The maximum atomic E-state index is 4.48. The van der Waals surface area contributed by atoms with Gasteiger partial charge in [0.1, 0.15) is 10.7 Å². The van der Waals surface area contributed by atoms with Crippen molar-refractivity contribution >= 4 is 11.3 Å². The highest BCUT2D eigenvalue weighted by Gasteiger charge is 2.09. The van der Waals surface area contributed by atoms with E-state index in [4.69, 9.17) is 0 Å². The van der Waals surface area contributed by atoms with Crippen molar-refractivity contribution in [2.45, 2.75) is 13.5 Å². The van der Waals surface area contributed by atoms with Gasteiger partial charge in [0, 0.05) is 17.6 Å². The molecule has 0 radical (unpaired) electrons. The average Bonchev–Trinajstić information content (AvgIpc) is 3.15. The zero-order valence-corrected chi connectivity index (χ0v) is 12.0. The number of benzene rings is 1. The average molecular weight is 285 g/mol. The van der Waals surface area contributed by atoms with Crippen LogP contribution in [0.1, 0.15) is 11.8 Å². The first-order valence-corrected chi connectivity index (χ1v) is 7.32. The van der Waals surface area contributed by atoms with Gasteiger partial charge in [-0.1, -0.05) is 25.1 Å². The molecular formula is C14H15N5S. The number of nitrogens with zero attached hydrogens (tertiary/aromatic N) is 4. The SMILES string of the molecule is CCNCc1cnc(-c2cnn(-c3ccccc3)n2)s1. The smallest absolute Gasteiger partial charge is 0.145 e. The molecule has 2 aromatic heterocycles. The molecule has 1 N–H and O–H groups in total. The molecule has 0 aliphatic rings. The molecule has 2 heterocycles. The van der Waals surface area contributed by atoms with E-state index < -0.39 is 0 Å². The molecule has 5 nitrogen and oxygen atoms in total. The summed E-state index contributed by atoms with van der Waals surface area (Å²) in [5.74, 6) is 0. The molecule has 0 atom stereocenters. The van der Waals surface area contributed by atoms with E-state index in [1.807, 2.05) is 36.5 Å². The van der Waals surface area contributed by atoms with Crippen LogP contribution in [0.2, 0.25) is 0 Å². The predicted molar refractivity (Wildman–Crippen MR) is 79.8 cm³/mol. The van der Waals surface area contributed by atoms with Crippen molar-refractivity contribution in [3.63, 3.8) is 0 Å². The first kappa shape index (κ1) is 13.0. The summed E-state index contributed by atoms with van der Waals surface area (Å²) in [6, 6.07) is 9.86. The van der Waals surface area contributed by atoms with Crippen molar-refractivity contribution in [3.8, 4) is 16.4 Å². The number of para-hydroxylation sites is 1. The van der Waals surface area contributed by atoms with Crippen LogP contribution in [0.3, 0.4) is 0 Å². The molecule has 1 aromatic carbocycles. The van der Waals surface area contributed by atoms with E-state index in [0.29, 0.717) is 0 Å². The van der Waals surface area contributed by atoms with E-state index in [1.165, 1.54) is 4.88 Å². The predicted octanol–water partition coefficient (Wildman–Crippen LogP) is 2.50. The van der Waals surface area contributed by atoms with Gasteiger partial charge in [0.25, 0.3) is 0 Å². The van der Waals surface area contributed by atoms with Crippen LogP contribution in [0, 0.1) is 0 Å². The van der Waals surface area contributed by atoms with E-state index in [2.05, 4.69) is 27.4 Å². The fourth-order valence-electron chi connectivity index (χ4n) is 1.80. The number of hydrogen-bond donors (Lipinski definition) is 1. The highest BCUT2D eigenvalue weighted by Crippen LogP contribution is 2.23. The van der Waals surface area contributed by atoms with E-state index in [9.17, 15) is 0 Å². The lowest BCUT2D eigenvalue weighted by Gasteiger charge is -1.96. The summed E-state index contributed by atoms with van der Waals surface area (Å²) >= 11 is 1.65. The third-order valence-electron chi connectivity index (χ3n) is 2.80. The maximum absolute atomic E-state index is 4.48. The van der Waals surface area contributed by atoms with Gasteiger partial charge in [-0.05, 0) is 18.7 Å². The van der Waals surface area contributed by atoms with Crippen LogP contribution in [-0.4, -0.2) is 26.5 Å². The Morgan fingerprint density at radius 1 is 1.20 bits per heavy atom. The Labute approximate surface area is 121 Å². The van der Waals surface area contributed by atoms with Gasteiger partial charge < -0.3 is 5.32 Å². The van der Waals surface area contributed by atoms with Gasteiger partial charge in [0.15, 0.2) is 0 Å². The molecule has 6 heteroatoms. The van der Waals surface area contributed by atoms with E-state index in [0.717, 1.165) is 29.5 Å². The molecule has 0 bridgehead atoms. The van der Waals surface area contributed by atoms with Crippen LogP contribution in [0.25, 0.3) is 16.4 Å². The highest BCUT2D eigenvalue weighted by molar-refractivity contribution is 7.14. The first-order valence-electron chi connectivity index (χ1n) is 6.50. The Bertz CT molecular complexity index is 674. The fraction of sp³-hybridized carbons (Fsp3) is 0.214. The van der Waals surface area contributed by atoms with Gasteiger partial charge in [-0.25, -0.2) is 4.98 Å². The quantitative estimate of drug-likeness (QED) is 0.782. The molecule has 0 saturated carbocycles. The molecule has 0 aliphatic heterocycles. The Kier molecular flexibility index (Phi) is 3.85. The molecule has 0 saturated heterocycles. The third kappa shape index (κ3) is 2.76. The molecule has 0 spiro atoms. The topological polar surface area (TPSA) is 55.6 Å².